The zero-order valence-electron chi connectivity index (χ0n) is 12.6. The van der Waals surface area contributed by atoms with Crippen molar-refractivity contribution in [2.75, 3.05) is 6.61 Å². The van der Waals surface area contributed by atoms with Crippen molar-refractivity contribution >= 4 is 0 Å². The summed E-state index contributed by atoms with van der Waals surface area (Å²) in [5, 5.41) is 9.24. The Morgan fingerprint density at radius 1 is 1.17 bits per heavy atom. The van der Waals surface area contributed by atoms with Gasteiger partial charge in [0, 0.05) is 6.61 Å². The van der Waals surface area contributed by atoms with Crippen LogP contribution in [0, 0.1) is 6.92 Å². The Balaban J connectivity index is 3.11. The normalized spacial score (nSPS) is 13.7. The van der Waals surface area contributed by atoms with Crippen LogP contribution in [0.2, 0.25) is 0 Å². The largest absolute Gasteiger partial charge is 0.396 e. The number of aliphatic hydroxyl groups is 1. The van der Waals surface area contributed by atoms with Gasteiger partial charge in [0.2, 0.25) is 0 Å². The Bertz CT molecular complexity index is 368. The van der Waals surface area contributed by atoms with Crippen LogP contribution in [0.25, 0.3) is 0 Å². The Morgan fingerprint density at radius 3 is 2.33 bits per heavy atom. The summed E-state index contributed by atoms with van der Waals surface area (Å²) in [5.41, 5.74) is 4.37. The van der Waals surface area contributed by atoms with Crippen LogP contribution in [-0.2, 0) is 5.41 Å². The van der Waals surface area contributed by atoms with Gasteiger partial charge in [0.15, 0.2) is 0 Å². The molecule has 102 valence electrons. The molecular formula is C17H28O. The van der Waals surface area contributed by atoms with Crippen LogP contribution in [0.15, 0.2) is 18.2 Å². The molecule has 0 radical (unpaired) electrons. The third-order valence-corrected chi connectivity index (χ3v) is 3.70. The second kappa shape index (κ2) is 6.38. The topological polar surface area (TPSA) is 20.2 Å². The van der Waals surface area contributed by atoms with Gasteiger partial charge in [-0.05, 0) is 47.8 Å². The van der Waals surface area contributed by atoms with Crippen LogP contribution in [0.3, 0.4) is 0 Å². The molecule has 1 atom stereocenters. The van der Waals surface area contributed by atoms with E-state index in [4.69, 9.17) is 0 Å². The van der Waals surface area contributed by atoms with E-state index in [0.717, 1.165) is 12.8 Å². The third kappa shape index (κ3) is 3.84. The molecule has 1 unspecified atom stereocenters. The van der Waals surface area contributed by atoms with E-state index in [1.54, 1.807) is 0 Å². The highest BCUT2D eigenvalue weighted by Gasteiger charge is 2.18. The number of aliphatic hydroxyl groups excluding tert-OH is 1. The number of benzene rings is 1. The van der Waals surface area contributed by atoms with Crippen LogP contribution < -0.4 is 0 Å². The molecule has 0 heterocycles. The summed E-state index contributed by atoms with van der Waals surface area (Å²) < 4.78 is 0. The average Bonchev–Trinajstić information content (AvgIpc) is 2.28. The van der Waals surface area contributed by atoms with Crippen molar-refractivity contribution in [3.63, 3.8) is 0 Å². The molecule has 0 saturated heterocycles. The maximum absolute atomic E-state index is 9.24. The van der Waals surface area contributed by atoms with E-state index in [1.807, 2.05) is 0 Å². The number of hydrogen-bond donors (Lipinski definition) is 1. The van der Waals surface area contributed by atoms with Gasteiger partial charge in [-0.15, -0.1) is 0 Å². The van der Waals surface area contributed by atoms with Gasteiger partial charge in [-0.1, -0.05) is 52.3 Å². The zero-order chi connectivity index (χ0) is 13.8. The lowest BCUT2D eigenvalue weighted by Crippen LogP contribution is -2.13. The molecule has 0 aliphatic heterocycles. The highest BCUT2D eigenvalue weighted by atomic mass is 16.3. The fourth-order valence-electron chi connectivity index (χ4n) is 2.51. The fourth-order valence-corrected chi connectivity index (χ4v) is 2.51. The van der Waals surface area contributed by atoms with E-state index >= 15 is 0 Å². The summed E-state index contributed by atoms with van der Waals surface area (Å²) in [7, 11) is 0. The molecule has 0 spiro atoms. The summed E-state index contributed by atoms with van der Waals surface area (Å²) in [6.07, 6.45) is 3.21. The molecule has 1 N–H and O–H groups in total. The van der Waals surface area contributed by atoms with Gasteiger partial charge in [0.1, 0.15) is 0 Å². The van der Waals surface area contributed by atoms with Crippen molar-refractivity contribution in [1.82, 2.24) is 0 Å². The Kier molecular flexibility index (Phi) is 5.40. The fraction of sp³-hybridized carbons (Fsp3) is 0.647. The first-order valence-corrected chi connectivity index (χ1v) is 7.12. The monoisotopic (exact) mass is 248 g/mol. The van der Waals surface area contributed by atoms with Gasteiger partial charge in [0.05, 0.1) is 0 Å². The quantitative estimate of drug-likeness (QED) is 0.810. The first kappa shape index (κ1) is 15.2. The van der Waals surface area contributed by atoms with Crippen LogP contribution in [0.4, 0.5) is 0 Å². The van der Waals surface area contributed by atoms with Gasteiger partial charge in [-0.3, -0.25) is 0 Å². The highest BCUT2D eigenvalue weighted by molar-refractivity contribution is 5.36. The molecule has 0 saturated carbocycles. The molecule has 18 heavy (non-hydrogen) atoms. The lowest BCUT2D eigenvalue weighted by atomic mass is 9.81. The second-order valence-corrected chi connectivity index (χ2v) is 6.32. The number of aryl methyl sites for hydroxylation is 1. The van der Waals surface area contributed by atoms with Crippen LogP contribution in [-0.4, -0.2) is 11.7 Å². The van der Waals surface area contributed by atoms with Crippen molar-refractivity contribution in [2.45, 2.75) is 65.2 Å². The van der Waals surface area contributed by atoms with E-state index in [-0.39, 0.29) is 12.0 Å². The lowest BCUT2D eigenvalue weighted by molar-refractivity contribution is 0.272. The molecule has 1 nitrogen and oxygen atoms in total. The van der Waals surface area contributed by atoms with Gasteiger partial charge in [-0.25, -0.2) is 0 Å². The van der Waals surface area contributed by atoms with Gasteiger partial charge >= 0.3 is 0 Å². The predicted octanol–water partition coefficient (Wildman–Crippen LogP) is 4.56. The van der Waals surface area contributed by atoms with Crippen molar-refractivity contribution in [3.05, 3.63) is 34.9 Å². The smallest absolute Gasteiger partial charge is 0.0436 e. The minimum Gasteiger partial charge on any atom is -0.396 e. The Hall–Kier alpha value is -0.820. The molecule has 0 bridgehead atoms. The maximum Gasteiger partial charge on any atom is 0.0436 e. The van der Waals surface area contributed by atoms with E-state index in [1.165, 1.54) is 23.1 Å². The van der Waals surface area contributed by atoms with Crippen molar-refractivity contribution in [1.29, 1.82) is 0 Å². The summed E-state index contributed by atoms with van der Waals surface area (Å²) in [5.74, 6) is 0.502. The molecule has 1 aromatic rings. The summed E-state index contributed by atoms with van der Waals surface area (Å²) in [6.45, 7) is 11.4. The van der Waals surface area contributed by atoms with E-state index < -0.39 is 0 Å². The minimum absolute atomic E-state index is 0.193. The van der Waals surface area contributed by atoms with Crippen molar-refractivity contribution in [3.8, 4) is 0 Å². The standard InChI is InChI=1S/C17H28O/c1-6-7-14(10-11-18)16-12-15(17(3,4)5)9-8-13(16)2/h8-9,12,14,18H,6-7,10-11H2,1-5H3. The SMILES string of the molecule is CCCC(CCO)c1cc(C(C)(C)C)ccc1C. The van der Waals surface area contributed by atoms with Crippen molar-refractivity contribution < 1.29 is 5.11 Å². The van der Waals surface area contributed by atoms with Crippen LogP contribution in [0.5, 0.6) is 0 Å². The first-order chi connectivity index (χ1) is 8.40. The van der Waals surface area contributed by atoms with Crippen LogP contribution in [0.1, 0.15) is 69.6 Å². The van der Waals surface area contributed by atoms with Gasteiger partial charge in [0.25, 0.3) is 0 Å². The summed E-state index contributed by atoms with van der Waals surface area (Å²) >= 11 is 0. The zero-order valence-corrected chi connectivity index (χ0v) is 12.6. The molecular weight excluding hydrogens is 220 g/mol. The molecule has 0 aromatic heterocycles. The lowest BCUT2D eigenvalue weighted by Gasteiger charge is -2.24. The van der Waals surface area contributed by atoms with Crippen LogP contribution >= 0.6 is 0 Å². The maximum atomic E-state index is 9.24. The molecule has 0 aliphatic carbocycles. The summed E-state index contributed by atoms with van der Waals surface area (Å²) in [6, 6.07) is 6.82. The first-order valence-electron chi connectivity index (χ1n) is 7.12. The molecule has 1 heteroatoms. The highest BCUT2D eigenvalue weighted by Crippen LogP contribution is 2.31. The minimum atomic E-state index is 0.193. The molecule has 1 rings (SSSR count). The van der Waals surface area contributed by atoms with Gasteiger partial charge < -0.3 is 5.11 Å². The summed E-state index contributed by atoms with van der Waals surface area (Å²) in [4.78, 5) is 0. The molecule has 0 aliphatic rings. The predicted molar refractivity (Wildman–Crippen MR) is 79.2 cm³/mol. The van der Waals surface area contributed by atoms with E-state index in [2.05, 4.69) is 52.8 Å². The molecule has 1 aromatic carbocycles. The Morgan fingerprint density at radius 2 is 1.83 bits per heavy atom. The molecule has 0 fully saturated rings. The van der Waals surface area contributed by atoms with E-state index in [0.29, 0.717) is 5.92 Å². The average molecular weight is 248 g/mol. The van der Waals surface area contributed by atoms with Crippen molar-refractivity contribution in [2.24, 2.45) is 0 Å². The van der Waals surface area contributed by atoms with Gasteiger partial charge in [-0.2, -0.15) is 0 Å². The number of rotatable bonds is 5. The second-order valence-electron chi connectivity index (χ2n) is 6.32. The number of hydrogen-bond acceptors (Lipinski definition) is 1. The van der Waals surface area contributed by atoms with E-state index in [9.17, 15) is 5.11 Å². The third-order valence-electron chi connectivity index (χ3n) is 3.70. The Labute approximate surface area is 112 Å². The molecule has 0 amide bonds.